The number of nitrogens with one attached hydrogen (secondary N) is 1. The monoisotopic (exact) mass is 664 g/mol. The van der Waals surface area contributed by atoms with Crippen molar-refractivity contribution in [2.45, 2.75) is 32.7 Å². The summed E-state index contributed by atoms with van der Waals surface area (Å²) in [5, 5.41) is 2.89. The number of benzene rings is 3. The molecule has 3 aromatic carbocycles. The number of carbonyl (C=O) groups excluding carboxylic acids is 3. The van der Waals surface area contributed by atoms with Crippen LogP contribution in [0.4, 0.5) is 14.5 Å². The molecule has 1 aromatic heterocycles. The van der Waals surface area contributed by atoms with Crippen LogP contribution in [0.25, 0.3) is 11.0 Å². The molecule has 6 rings (SSSR count). The molecule has 3 heterocycles. The van der Waals surface area contributed by atoms with Crippen molar-refractivity contribution in [2.75, 3.05) is 44.2 Å². The zero-order valence-corrected chi connectivity index (χ0v) is 26.7. The molecular weight excluding hydrogens is 630 g/mol. The van der Waals surface area contributed by atoms with E-state index >= 15 is 0 Å². The Kier molecular flexibility index (Phi) is 10.9. The number of halogens is 3. The molecule has 9 nitrogen and oxygen atoms in total. The number of anilines is 1. The summed E-state index contributed by atoms with van der Waals surface area (Å²) in [4.78, 5) is 55.5. The Bertz CT molecular complexity index is 1800. The van der Waals surface area contributed by atoms with Crippen LogP contribution in [0.2, 0.25) is 5.02 Å². The Labute approximate surface area is 275 Å². The lowest BCUT2D eigenvalue weighted by Gasteiger charge is -2.37. The second-order valence-electron chi connectivity index (χ2n) is 11.5. The highest BCUT2D eigenvalue weighted by Gasteiger charge is 2.25. The molecule has 0 spiro atoms. The van der Waals surface area contributed by atoms with Crippen LogP contribution in [0.5, 0.6) is 0 Å². The predicted octanol–water partition coefficient (Wildman–Crippen LogP) is 5.31. The van der Waals surface area contributed by atoms with Gasteiger partial charge in [0.05, 0.1) is 11.9 Å². The zero-order valence-electron chi connectivity index (χ0n) is 25.9. The van der Waals surface area contributed by atoms with E-state index < -0.39 is 34.3 Å². The minimum Gasteiger partial charge on any atom is -0.448 e. The number of para-hydroxylation sites is 1. The lowest BCUT2D eigenvalue weighted by atomic mass is 10.1. The minimum atomic E-state index is -1.10. The van der Waals surface area contributed by atoms with Gasteiger partial charge in [-0.1, -0.05) is 47.5 Å². The molecule has 2 fully saturated rings. The number of rotatable bonds is 6. The second-order valence-corrected chi connectivity index (χ2v) is 11.9. The van der Waals surface area contributed by atoms with Crippen molar-refractivity contribution < 1.29 is 27.6 Å². The van der Waals surface area contributed by atoms with Gasteiger partial charge in [0, 0.05) is 68.5 Å². The van der Waals surface area contributed by atoms with Crippen LogP contribution in [-0.2, 0) is 16.1 Å². The van der Waals surface area contributed by atoms with Crippen LogP contribution >= 0.6 is 11.6 Å². The molecular formula is C35H35ClF2N4O5. The maximum atomic E-state index is 14.1. The number of hydrogen-bond acceptors (Lipinski definition) is 6. The van der Waals surface area contributed by atoms with Gasteiger partial charge in [0.1, 0.15) is 5.82 Å². The van der Waals surface area contributed by atoms with Crippen molar-refractivity contribution in [1.29, 1.82) is 0 Å². The minimum absolute atomic E-state index is 0.176. The van der Waals surface area contributed by atoms with Crippen LogP contribution in [0.1, 0.15) is 40.9 Å². The van der Waals surface area contributed by atoms with Gasteiger partial charge in [-0.05, 0) is 49.6 Å². The molecule has 0 atom stereocenters. The lowest BCUT2D eigenvalue weighted by Crippen LogP contribution is -2.51. The molecule has 2 saturated heterocycles. The standard InChI is InChI=1S/C28H28F2N4O5.C7H7Cl/c29-19-13-20-23(35)15-24(39-27(20)21(30)14-19)28(38)31-16-26(37)33-11-9-32(10-12-33)22-6-2-1-5-18(22)17-34-8-4-3-7-25(34)36;1-6-2-4-7(8)5-3-6/h1-2,5-6,13-15H,3-4,7-12,16-17H2,(H,31,38);2-5H,1H3. The number of hydrogen-bond donors (Lipinski definition) is 1. The predicted molar refractivity (Wildman–Crippen MR) is 175 cm³/mol. The molecule has 2 aliphatic rings. The first kappa shape index (κ1) is 33.6. The Morgan fingerprint density at radius 3 is 2.34 bits per heavy atom. The number of aryl methyl sites for hydroxylation is 1. The smallest absolute Gasteiger partial charge is 0.287 e. The molecule has 1 N–H and O–H groups in total. The first-order chi connectivity index (χ1) is 22.6. The number of likely N-dealkylation sites (tertiary alicyclic amines) is 1. The Hall–Kier alpha value is -4.77. The van der Waals surface area contributed by atoms with Crippen molar-refractivity contribution in [2.24, 2.45) is 0 Å². The summed E-state index contributed by atoms with van der Waals surface area (Å²) < 4.78 is 32.7. The number of piperazine rings is 1. The van der Waals surface area contributed by atoms with E-state index in [1.807, 2.05) is 60.4 Å². The normalized spacial score (nSPS) is 14.9. The summed E-state index contributed by atoms with van der Waals surface area (Å²) >= 11 is 5.61. The van der Waals surface area contributed by atoms with Crippen LogP contribution in [0, 0.1) is 18.6 Å². The highest BCUT2D eigenvalue weighted by atomic mass is 35.5. The summed E-state index contributed by atoms with van der Waals surface area (Å²) in [5.74, 6) is -3.50. The van der Waals surface area contributed by atoms with Crippen LogP contribution in [0.3, 0.4) is 0 Å². The Morgan fingerprint density at radius 2 is 1.64 bits per heavy atom. The van der Waals surface area contributed by atoms with Gasteiger partial charge in [-0.3, -0.25) is 19.2 Å². The van der Waals surface area contributed by atoms with Gasteiger partial charge < -0.3 is 24.4 Å². The molecule has 0 unspecified atom stereocenters. The topological polar surface area (TPSA) is 103 Å². The van der Waals surface area contributed by atoms with E-state index in [1.165, 1.54) is 5.56 Å². The summed E-state index contributed by atoms with van der Waals surface area (Å²) in [6.07, 6.45) is 2.53. The molecule has 0 saturated carbocycles. The summed E-state index contributed by atoms with van der Waals surface area (Å²) in [7, 11) is 0. The van der Waals surface area contributed by atoms with E-state index in [-0.39, 0.29) is 23.7 Å². The van der Waals surface area contributed by atoms with E-state index in [9.17, 15) is 28.0 Å². The molecule has 47 heavy (non-hydrogen) atoms. The van der Waals surface area contributed by atoms with Crippen LogP contribution in [0.15, 0.2) is 75.9 Å². The van der Waals surface area contributed by atoms with E-state index in [1.54, 1.807) is 4.90 Å². The van der Waals surface area contributed by atoms with Gasteiger partial charge >= 0.3 is 0 Å². The van der Waals surface area contributed by atoms with Gasteiger partial charge in [0.2, 0.25) is 11.8 Å². The van der Waals surface area contributed by atoms with Crippen LogP contribution in [-0.4, -0.2) is 66.8 Å². The van der Waals surface area contributed by atoms with Crippen molar-refractivity contribution in [3.05, 3.63) is 110 Å². The van der Waals surface area contributed by atoms with E-state index in [2.05, 4.69) is 10.2 Å². The van der Waals surface area contributed by atoms with Crippen molar-refractivity contribution in [3.63, 3.8) is 0 Å². The summed E-state index contributed by atoms with van der Waals surface area (Å²) in [6, 6.07) is 17.9. The quantitative estimate of drug-likeness (QED) is 0.300. The fraction of sp³-hybridized carbons (Fsp3) is 0.314. The van der Waals surface area contributed by atoms with Gasteiger partial charge in [-0.2, -0.15) is 0 Å². The maximum absolute atomic E-state index is 14.1. The SMILES string of the molecule is Cc1ccc(Cl)cc1.O=C(NCC(=O)N1CCN(c2ccccc2CN2CCCCC2=O)CC1)c1cc(=O)c2cc(F)cc(F)c2o1. The van der Waals surface area contributed by atoms with Gasteiger partial charge in [-0.25, -0.2) is 8.78 Å². The molecule has 4 aromatic rings. The third-order valence-corrected chi connectivity index (χ3v) is 8.38. The fourth-order valence-electron chi connectivity index (χ4n) is 5.57. The Balaban J connectivity index is 0.000000474. The average molecular weight is 665 g/mol. The molecule has 246 valence electrons. The molecule has 3 amide bonds. The molecule has 0 bridgehead atoms. The number of fused-ring (bicyclic) bond motifs is 1. The average Bonchev–Trinajstić information content (AvgIpc) is 3.07. The van der Waals surface area contributed by atoms with E-state index in [0.717, 1.165) is 47.8 Å². The highest BCUT2D eigenvalue weighted by Crippen LogP contribution is 2.25. The summed E-state index contributed by atoms with van der Waals surface area (Å²) in [6.45, 7) is 5.07. The van der Waals surface area contributed by atoms with Crippen molar-refractivity contribution in [1.82, 2.24) is 15.1 Å². The third kappa shape index (κ3) is 8.53. The van der Waals surface area contributed by atoms with Crippen molar-refractivity contribution >= 4 is 46.0 Å². The first-order valence-electron chi connectivity index (χ1n) is 15.4. The number of amides is 3. The maximum Gasteiger partial charge on any atom is 0.287 e. The second kappa shape index (κ2) is 15.2. The molecule has 0 radical (unpaired) electrons. The highest BCUT2D eigenvalue weighted by molar-refractivity contribution is 6.30. The first-order valence-corrected chi connectivity index (χ1v) is 15.8. The van der Waals surface area contributed by atoms with E-state index in [4.69, 9.17) is 16.0 Å². The van der Waals surface area contributed by atoms with Crippen LogP contribution < -0.4 is 15.6 Å². The zero-order chi connectivity index (χ0) is 33.5. The largest absolute Gasteiger partial charge is 0.448 e. The van der Waals surface area contributed by atoms with Crippen molar-refractivity contribution in [3.8, 4) is 0 Å². The molecule has 12 heteroatoms. The number of carbonyl (C=O) groups is 3. The summed E-state index contributed by atoms with van der Waals surface area (Å²) in [5.41, 5.74) is 2.05. The third-order valence-electron chi connectivity index (χ3n) is 8.13. The Morgan fingerprint density at radius 1 is 0.915 bits per heavy atom. The van der Waals surface area contributed by atoms with Gasteiger partial charge in [0.15, 0.2) is 22.6 Å². The van der Waals surface area contributed by atoms with E-state index in [0.29, 0.717) is 45.2 Å². The number of piperidine rings is 1. The van der Waals surface area contributed by atoms with Gasteiger partial charge in [0.25, 0.3) is 5.91 Å². The fourth-order valence-corrected chi connectivity index (χ4v) is 5.69. The number of nitrogens with zero attached hydrogens (tertiary/aromatic N) is 3. The molecule has 2 aliphatic heterocycles. The molecule has 0 aliphatic carbocycles. The van der Waals surface area contributed by atoms with Gasteiger partial charge in [-0.15, -0.1) is 0 Å². The lowest BCUT2D eigenvalue weighted by molar-refractivity contribution is -0.134.